The van der Waals surface area contributed by atoms with Crippen LogP contribution in [0.5, 0.6) is 0 Å². The Morgan fingerprint density at radius 3 is 2.94 bits per heavy atom. The van der Waals surface area contributed by atoms with E-state index in [9.17, 15) is 14.5 Å². The fraction of sp³-hybridized carbons (Fsp3) is 0.538. The Labute approximate surface area is 98.8 Å². The van der Waals surface area contributed by atoms with Crippen molar-refractivity contribution < 1.29 is 9.31 Å². The van der Waals surface area contributed by atoms with Crippen molar-refractivity contribution in [3.05, 3.63) is 39.2 Å². The number of fused-ring (bicyclic) bond motifs is 4. The molecule has 2 atom stereocenters. The van der Waals surface area contributed by atoms with Crippen molar-refractivity contribution in [2.75, 3.05) is 0 Å². The van der Waals surface area contributed by atoms with E-state index in [-0.39, 0.29) is 5.69 Å². The minimum Gasteiger partial charge on any atom is -0.258 e. The molecule has 2 aliphatic rings. The minimum absolute atomic E-state index is 0.372. The van der Waals surface area contributed by atoms with Crippen LogP contribution in [0, 0.1) is 21.8 Å². The largest absolute Gasteiger partial charge is 0.305 e. The van der Waals surface area contributed by atoms with E-state index in [1.54, 1.807) is 0 Å². The Morgan fingerprint density at radius 1 is 1.35 bits per heavy atom. The van der Waals surface area contributed by atoms with Gasteiger partial charge in [0.2, 0.25) is 5.82 Å². The number of hydrogen-bond donors (Lipinski definition) is 0. The quantitative estimate of drug-likeness (QED) is 0.551. The van der Waals surface area contributed by atoms with Crippen molar-refractivity contribution in [1.29, 1.82) is 0 Å². The average molecular weight is 235 g/mol. The third-order valence-corrected chi connectivity index (χ3v) is 4.14. The molecular formula is C13H14FNO2. The summed E-state index contributed by atoms with van der Waals surface area (Å²) < 4.78 is 13.6. The van der Waals surface area contributed by atoms with Gasteiger partial charge in [-0.05, 0) is 48.3 Å². The first-order valence-electron chi connectivity index (χ1n) is 6.12. The first-order chi connectivity index (χ1) is 8.15. The van der Waals surface area contributed by atoms with E-state index in [4.69, 9.17) is 0 Å². The van der Waals surface area contributed by atoms with Gasteiger partial charge in [-0.1, -0.05) is 12.8 Å². The first kappa shape index (κ1) is 10.7. The normalized spacial score (nSPS) is 26.4. The van der Waals surface area contributed by atoms with Crippen molar-refractivity contribution in [3.8, 4) is 0 Å². The molecular weight excluding hydrogens is 221 g/mol. The molecule has 90 valence electrons. The highest BCUT2D eigenvalue weighted by molar-refractivity contribution is 5.44. The molecule has 1 saturated carbocycles. The van der Waals surface area contributed by atoms with E-state index in [1.165, 1.54) is 25.0 Å². The van der Waals surface area contributed by atoms with Crippen LogP contribution in [0.3, 0.4) is 0 Å². The molecule has 1 fully saturated rings. The standard InChI is InChI=1S/C13H14FNO2/c14-12-7-11-9-3-1-2-8(4-9)5-10(11)6-13(12)15(16)17/h6-9H,1-5H2. The summed E-state index contributed by atoms with van der Waals surface area (Å²) in [6.45, 7) is 0. The predicted molar refractivity (Wildman–Crippen MR) is 61.5 cm³/mol. The van der Waals surface area contributed by atoms with E-state index >= 15 is 0 Å². The lowest BCUT2D eigenvalue weighted by Gasteiger charge is -2.36. The Kier molecular flexibility index (Phi) is 2.38. The van der Waals surface area contributed by atoms with E-state index in [1.807, 2.05) is 0 Å². The lowest BCUT2D eigenvalue weighted by atomic mass is 9.69. The SMILES string of the molecule is O=[N+]([O-])c1cc2c(cc1F)C1CCCC(C2)C1. The maximum atomic E-state index is 13.6. The van der Waals surface area contributed by atoms with Crippen LogP contribution >= 0.6 is 0 Å². The lowest BCUT2D eigenvalue weighted by Crippen LogP contribution is -2.23. The van der Waals surface area contributed by atoms with Crippen molar-refractivity contribution in [2.24, 2.45) is 5.92 Å². The van der Waals surface area contributed by atoms with Gasteiger partial charge in [0.15, 0.2) is 0 Å². The lowest BCUT2D eigenvalue weighted by molar-refractivity contribution is -0.387. The van der Waals surface area contributed by atoms with Crippen molar-refractivity contribution in [2.45, 2.75) is 38.0 Å². The predicted octanol–water partition coefficient (Wildman–Crippen LogP) is 3.56. The van der Waals surface area contributed by atoms with Crippen molar-refractivity contribution in [3.63, 3.8) is 0 Å². The Morgan fingerprint density at radius 2 is 2.18 bits per heavy atom. The molecule has 2 bridgehead atoms. The van der Waals surface area contributed by atoms with E-state index in [0.717, 1.165) is 30.4 Å². The zero-order valence-corrected chi connectivity index (χ0v) is 9.49. The molecule has 1 aromatic rings. The molecule has 0 saturated heterocycles. The summed E-state index contributed by atoms with van der Waals surface area (Å²) in [5.74, 6) is 0.386. The number of halogens is 1. The summed E-state index contributed by atoms with van der Waals surface area (Å²) in [4.78, 5) is 10.1. The molecule has 3 nitrogen and oxygen atoms in total. The maximum absolute atomic E-state index is 13.6. The van der Waals surface area contributed by atoms with Crippen molar-refractivity contribution >= 4 is 5.69 Å². The molecule has 17 heavy (non-hydrogen) atoms. The van der Waals surface area contributed by atoms with Gasteiger partial charge in [0.05, 0.1) is 4.92 Å². The minimum atomic E-state index is -0.683. The summed E-state index contributed by atoms with van der Waals surface area (Å²) in [5, 5.41) is 10.7. The number of rotatable bonds is 1. The third-order valence-electron chi connectivity index (χ3n) is 4.14. The van der Waals surface area contributed by atoms with Gasteiger partial charge < -0.3 is 0 Å². The summed E-state index contributed by atoms with van der Waals surface area (Å²) >= 11 is 0. The Balaban J connectivity index is 2.09. The monoisotopic (exact) mass is 235 g/mol. The summed E-state index contributed by atoms with van der Waals surface area (Å²) in [7, 11) is 0. The van der Waals surface area contributed by atoms with Crippen LogP contribution in [0.2, 0.25) is 0 Å². The molecule has 2 unspecified atom stereocenters. The molecule has 3 rings (SSSR count). The molecule has 2 aliphatic carbocycles. The summed E-state index contributed by atoms with van der Waals surface area (Å²) in [5.41, 5.74) is 1.65. The van der Waals surface area contributed by atoms with Crippen LogP contribution in [0.25, 0.3) is 0 Å². The zero-order chi connectivity index (χ0) is 12.0. The van der Waals surface area contributed by atoms with Gasteiger partial charge >= 0.3 is 5.69 Å². The molecule has 1 aromatic carbocycles. The van der Waals surface area contributed by atoms with Crippen LogP contribution in [-0.4, -0.2) is 4.92 Å². The third kappa shape index (κ3) is 1.72. The molecule has 0 heterocycles. The molecule has 0 aliphatic heterocycles. The second kappa shape index (κ2) is 3.79. The zero-order valence-electron chi connectivity index (χ0n) is 9.49. The fourth-order valence-corrected chi connectivity index (χ4v) is 3.39. The number of nitrogens with zero attached hydrogens (tertiary/aromatic N) is 1. The number of benzene rings is 1. The summed E-state index contributed by atoms with van der Waals surface area (Å²) in [6.07, 6.45) is 5.52. The number of hydrogen-bond acceptors (Lipinski definition) is 2. The molecule has 0 aromatic heterocycles. The molecule has 0 amide bonds. The van der Waals surface area contributed by atoms with Crippen LogP contribution in [-0.2, 0) is 6.42 Å². The van der Waals surface area contributed by atoms with E-state index in [2.05, 4.69) is 0 Å². The smallest absolute Gasteiger partial charge is 0.258 e. The van der Waals surface area contributed by atoms with Crippen LogP contribution in [0.1, 0.15) is 42.7 Å². The highest BCUT2D eigenvalue weighted by atomic mass is 19.1. The van der Waals surface area contributed by atoms with Crippen LogP contribution in [0.15, 0.2) is 12.1 Å². The van der Waals surface area contributed by atoms with Gasteiger partial charge in [0, 0.05) is 6.07 Å². The van der Waals surface area contributed by atoms with Gasteiger partial charge in [-0.25, -0.2) is 0 Å². The average Bonchev–Trinajstić information content (AvgIpc) is 2.30. The van der Waals surface area contributed by atoms with Gasteiger partial charge in [-0.15, -0.1) is 0 Å². The molecule has 0 spiro atoms. The second-order valence-corrected chi connectivity index (χ2v) is 5.19. The van der Waals surface area contributed by atoms with Crippen LogP contribution in [0.4, 0.5) is 10.1 Å². The molecule has 4 heteroatoms. The highest BCUT2D eigenvalue weighted by Crippen LogP contribution is 2.45. The van der Waals surface area contributed by atoms with Gasteiger partial charge in [-0.3, -0.25) is 10.1 Å². The molecule has 0 N–H and O–H groups in total. The van der Waals surface area contributed by atoms with Gasteiger partial charge in [-0.2, -0.15) is 4.39 Å². The van der Waals surface area contributed by atoms with Crippen LogP contribution < -0.4 is 0 Å². The Bertz CT molecular complexity index is 487. The van der Waals surface area contributed by atoms with E-state index in [0.29, 0.717) is 11.8 Å². The molecule has 0 radical (unpaired) electrons. The first-order valence-corrected chi connectivity index (χ1v) is 6.12. The Hall–Kier alpha value is -1.45. The van der Waals surface area contributed by atoms with Crippen molar-refractivity contribution in [1.82, 2.24) is 0 Å². The number of nitro benzene ring substituents is 1. The topological polar surface area (TPSA) is 43.1 Å². The fourth-order valence-electron chi connectivity index (χ4n) is 3.39. The van der Waals surface area contributed by atoms with Gasteiger partial charge in [0.1, 0.15) is 0 Å². The second-order valence-electron chi connectivity index (χ2n) is 5.19. The number of nitro groups is 1. The highest BCUT2D eigenvalue weighted by Gasteiger charge is 2.32. The maximum Gasteiger partial charge on any atom is 0.305 e. The van der Waals surface area contributed by atoms with Gasteiger partial charge in [0.25, 0.3) is 0 Å². The van der Waals surface area contributed by atoms with E-state index < -0.39 is 10.7 Å². The summed E-state index contributed by atoms with van der Waals surface area (Å²) in [6, 6.07) is 2.86.